The summed E-state index contributed by atoms with van der Waals surface area (Å²) in [6, 6.07) is -0.707. The molecular weight excluding hydrogens is 791 g/mol. The van der Waals surface area contributed by atoms with Gasteiger partial charge in [0, 0.05) is 6.42 Å². The summed E-state index contributed by atoms with van der Waals surface area (Å²) in [5, 5.41) is 23.8. The van der Waals surface area contributed by atoms with Gasteiger partial charge in [0.1, 0.15) is 6.10 Å². The van der Waals surface area contributed by atoms with Crippen molar-refractivity contribution in [1.29, 1.82) is 0 Å². The van der Waals surface area contributed by atoms with Gasteiger partial charge in [-0.3, -0.25) is 9.59 Å². The van der Waals surface area contributed by atoms with Crippen molar-refractivity contribution in [1.82, 2.24) is 5.32 Å². The molecule has 3 atom stereocenters. The maximum absolute atomic E-state index is 13.2. The number of allylic oxidation sites excluding steroid dienone is 8. The number of aliphatic hydroxyl groups excluding tert-OH is 2. The maximum atomic E-state index is 13.2. The van der Waals surface area contributed by atoms with Gasteiger partial charge in [-0.2, -0.15) is 0 Å². The van der Waals surface area contributed by atoms with Crippen molar-refractivity contribution in [3.8, 4) is 0 Å². The van der Waals surface area contributed by atoms with Crippen molar-refractivity contribution in [3.05, 3.63) is 48.6 Å². The normalized spacial score (nSPS) is 13.5. The fourth-order valence-electron chi connectivity index (χ4n) is 8.37. The van der Waals surface area contributed by atoms with Gasteiger partial charge in [0.25, 0.3) is 0 Å². The van der Waals surface area contributed by atoms with E-state index >= 15 is 0 Å². The van der Waals surface area contributed by atoms with E-state index < -0.39 is 18.2 Å². The standard InChI is InChI=1S/C58H107NO5/c1-4-7-10-13-16-19-22-24-26-28-30-32-35-37-40-43-46-49-54(52-57(62)59-55(53-60)56(61)50-47-44-41-38-34-21-18-15-12-9-6-3)64-58(63)51-48-45-42-39-36-33-31-29-27-25-23-20-17-14-11-8-5-2/h17,20,24-27,31,33,54-56,60-61H,4-16,18-19,21-23,28-30,32,34-53H2,1-3H3,(H,59,62)/b20-17-,26-24+,27-25-,33-31-. The minimum Gasteiger partial charge on any atom is -0.462 e. The Balaban J connectivity index is 4.61. The van der Waals surface area contributed by atoms with Gasteiger partial charge in [-0.15, -0.1) is 0 Å². The third-order valence-electron chi connectivity index (χ3n) is 12.6. The van der Waals surface area contributed by atoms with Crippen LogP contribution in [0.4, 0.5) is 0 Å². The molecule has 0 aromatic rings. The Kier molecular flexibility index (Phi) is 50.0. The zero-order valence-corrected chi connectivity index (χ0v) is 42.7. The monoisotopic (exact) mass is 898 g/mol. The van der Waals surface area contributed by atoms with Crippen LogP contribution in [-0.2, 0) is 14.3 Å². The number of amides is 1. The minimum atomic E-state index is -0.792. The first kappa shape index (κ1) is 61.8. The second kappa shape index (κ2) is 51.8. The second-order valence-electron chi connectivity index (χ2n) is 19.0. The fourth-order valence-corrected chi connectivity index (χ4v) is 8.37. The summed E-state index contributed by atoms with van der Waals surface area (Å²) in [6.45, 7) is 6.46. The highest BCUT2D eigenvalue weighted by Crippen LogP contribution is 2.18. The van der Waals surface area contributed by atoms with Gasteiger partial charge in [0.15, 0.2) is 0 Å². The van der Waals surface area contributed by atoms with E-state index in [1.54, 1.807) is 0 Å². The van der Waals surface area contributed by atoms with Gasteiger partial charge in [0.05, 0.1) is 25.2 Å². The van der Waals surface area contributed by atoms with Gasteiger partial charge in [-0.25, -0.2) is 0 Å². The van der Waals surface area contributed by atoms with E-state index in [2.05, 4.69) is 74.7 Å². The van der Waals surface area contributed by atoms with E-state index in [4.69, 9.17) is 4.74 Å². The number of unbranched alkanes of at least 4 members (excludes halogenated alkanes) is 30. The maximum Gasteiger partial charge on any atom is 0.306 e. The number of rotatable bonds is 50. The molecule has 0 fully saturated rings. The molecule has 0 radical (unpaired) electrons. The molecule has 374 valence electrons. The SMILES string of the molecule is CCCCC/C=C\C/C=C\C/C=C\CCCCCCC(=O)OC(CCCCCCCCC/C=C/CCCCCCCC)CC(=O)NC(CO)C(O)CCCCCCCCCCCCC. The van der Waals surface area contributed by atoms with Crippen LogP contribution in [0.2, 0.25) is 0 Å². The molecule has 0 rings (SSSR count). The molecule has 0 bridgehead atoms. The number of aliphatic hydroxyl groups is 2. The molecule has 64 heavy (non-hydrogen) atoms. The van der Waals surface area contributed by atoms with Crippen LogP contribution in [0.3, 0.4) is 0 Å². The van der Waals surface area contributed by atoms with Gasteiger partial charge < -0.3 is 20.3 Å². The lowest BCUT2D eigenvalue weighted by molar-refractivity contribution is -0.151. The van der Waals surface area contributed by atoms with E-state index in [9.17, 15) is 19.8 Å². The molecule has 0 aliphatic rings. The lowest BCUT2D eigenvalue weighted by Crippen LogP contribution is -2.46. The summed E-state index contributed by atoms with van der Waals surface area (Å²) in [4.78, 5) is 26.2. The first-order chi connectivity index (χ1) is 31.5. The molecular formula is C58H107NO5. The highest BCUT2D eigenvalue weighted by atomic mass is 16.5. The molecule has 3 unspecified atom stereocenters. The number of carbonyl (C=O) groups excluding carboxylic acids is 2. The molecule has 0 aliphatic heterocycles. The van der Waals surface area contributed by atoms with Crippen molar-refractivity contribution in [2.75, 3.05) is 6.61 Å². The van der Waals surface area contributed by atoms with Crippen molar-refractivity contribution in [3.63, 3.8) is 0 Å². The quantitative estimate of drug-likeness (QED) is 0.0321. The molecule has 0 aliphatic carbocycles. The Morgan fingerprint density at radius 3 is 1.25 bits per heavy atom. The molecule has 0 saturated carbocycles. The van der Waals surface area contributed by atoms with E-state index in [1.165, 1.54) is 154 Å². The molecule has 0 heterocycles. The largest absolute Gasteiger partial charge is 0.462 e. The molecule has 6 nitrogen and oxygen atoms in total. The zero-order chi connectivity index (χ0) is 46.7. The molecule has 1 amide bonds. The first-order valence-corrected chi connectivity index (χ1v) is 27.9. The van der Waals surface area contributed by atoms with Crippen LogP contribution in [-0.4, -0.2) is 46.9 Å². The number of ether oxygens (including phenoxy) is 1. The number of nitrogens with one attached hydrogen (secondary N) is 1. The smallest absolute Gasteiger partial charge is 0.306 e. The Bertz CT molecular complexity index is 1100. The van der Waals surface area contributed by atoms with Gasteiger partial charge in [-0.1, -0.05) is 230 Å². The number of hydrogen-bond acceptors (Lipinski definition) is 5. The summed E-state index contributed by atoms with van der Waals surface area (Å²) in [5.41, 5.74) is 0. The Hall–Kier alpha value is -2.18. The molecule has 0 spiro atoms. The Morgan fingerprint density at radius 2 is 0.797 bits per heavy atom. The lowest BCUT2D eigenvalue weighted by atomic mass is 10.0. The summed E-state index contributed by atoms with van der Waals surface area (Å²) in [5.74, 6) is -0.495. The minimum absolute atomic E-state index is 0.0665. The average molecular weight is 898 g/mol. The number of carbonyl (C=O) groups is 2. The van der Waals surface area contributed by atoms with E-state index in [1.807, 2.05) is 0 Å². The third-order valence-corrected chi connectivity index (χ3v) is 12.6. The van der Waals surface area contributed by atoms with E-state index in [0.717, 1.165) is 83.5 Å². The third kappa shape index (κ3) is 46.4. The molecule has 6 heteroatoms. The van der Waals surface area contributed by atoms with Gasteiger partial charge in [-0.05, 0) is 89.9 Å². The topological polar surface area (TPSA) is 95.9 Å². The van der Waals surface area contributed by atoms with E-state index in [0.29, 0.717) is 19.3 Å². The van der Waals surface area contributed by atoms with Crippen molar-refractivity contribution in [2.45, 2.75) is 302 Å². The van der Waals surface area contributed by atoms with E-state index in [-0.39, 0.29) is 24.9 Å². The summed E-state index contributed by atoms with van der Waals surface area (Å²) in [7, 11) is 0. The zero-order valence-electron chi connectivity index (χ0n) is 42.7. The summed E-state index contributed by atoms with van der Waals surface area (Å²) in [6.07, 6.45) is 63.1. The fraction of sp³-hybridized carbons (Fsp3) is 0.828. The van der Waals surface area contributed by atoms with Crippen molar-refractivity contribution >= 4 is 11.9 Å². The Labute approximate surface area is 397 Å². The van der Waals surface area contributed by atoms with Crippen LogP contribution in [0, 0.1) is 0 Å². The van der Waals surface area contributed by atoms with Crippen LogP contribution in [0.25, 0.3) is 0 Å². The van der Waals surface area contributed by atoms with Crippen LogP contribution < -0.4 is 5.32 Å². The first-order valence-electron chi connectivity index (χ1n) is 27.9. The van der Waals surface area contributed by atoms with Gasteiger partial charge in [0.2, 0.25) is 5.91 Å². The predicted molar refractivity (Wildman–Crippen MR) is 278 cm³/mol. The second-order valence-corrected chi connectivity index (χ2v) is 19.0. The lowest BCUT2D eigenvalue weighted by Gasteiger charge is -2.24. The highest BCUT2D eigenvalue weighted by Gasteiger charge is 2.24. The van der Waals surface area contributed by atoms with Crippen LogP contribution >= 0.6 is 0 Å². The summed E-state index contributed by atoms with van der Waals surface area (Å²) < 4.78 is 5.95. The van der Waals surface area contributed by atoms with Crippen LogP contribution in [0.1, 0.15) is 284 Å². The van der Waals surface area contributed by atoms with Crippen LogP contribution in [0.5, 0.6) is 0 Å². The molecule has 0 aromatic carbocycles. The Morgan fingerprint density at radius 1 is 0.453 bits per heavy atom. The average Bonchev–Trinajstić information content (AvgIpc) is 3.29. The van der Waals surface area contributed by atoms with Crippen LogP contribution in [0.15, 0.2) is 48.6 Å². The molecule has 3 N–H and O–H groups in total. The highest BCUT2D eigenvalue weighted by molar-refractivity contribution is 5.77. The van der Waals surface area contributed by atoms with Crippen molar-refractivity contribution in [2.24, 2.45) is 0 Å². The molecule has 0 saturated heterocycles. The predicted octanol–water partition coefficient (Wildman–Crippen LogP) is 17.0. The van der Waals surface area contributed by atoms with Gasteiger partial charge >= 0.3 is 5.97 Å². The number of hydrogen-bond donors (Lipinski definition) is 3. The molecule has 0 aromatic heterocycles. The van der Waals surface area contributed by atoms with Crippen molar-refractivity contribution < 1.29 is 24.5 Å². The summed E-state index contributed by atoms with van der Waals surface area (Å²) >= 11 is 0. The number of esters is 1.